The summed E-state index contributed by atoms with van der Waals surface area (Å²) in [4.78, 5) is 12.6. The number of nitriles is 1. The standard InChI is InChI=1S/C20H30N2O3/c1-5-7-9-12-20(3,24-4)19(23)22-18-11-10-17(14-16(18)15-21)25-13-8-6-2/h10-11,14H,5-9,12-13H2,1-4H3,(H,22,23)/t20-/m0/s1. The van der Waals surface area contributed by atoms with Crippen LogP contribution in [0.5, 0.6) is 5.75 Å². The fourth-order valence-corrected chi connectivity index (χ4v) is 2.42. The predicted octanol–water partition coefficient (Wildman–Crippen LogP) is 4.66. The third-order valence-corrected chi connectivity index (χ3v) is 4.31. The molecule has 5 nitrogen and oxygen atoms in total. The molecule has 1 aromatic rings. The monoisotopic (exact) mass is 346 g/mol. The van der Waals surface area contributed by atoms with Crippen LogP contribution in [0.1, 0.15) is 64.9 Å². The first-order valence-electron chi connectivity index (χ1n) is 9.04. The molecule has 0 aliphatic rings. The van der Waals surface area contributed by atoms with Crippen LogP contribution in [0.4, 0.5) is 5.69 Å². The number of unbranched alkanes of at least 4 members (excludes halogenated alkanes) is 3. The number of nitrogens with one attached hydrogen (secondary N) is 1. The van der Waals surface area contributed by atoms with E-state index in [1.165, 1.54) is 0 Å². The summed E-state index contributed by atoms with van der Waals surface area (Å²) in [6.07, 6.45) is 5.71. The van der Waals surface area contributed by atoms with Gasteiger partial charge in [-0.05, 0) is 38.0 Å². The first-order chi connectivity index (χ1) is 12.0. The number of carbonyl (C=O) groups excluding carboxylic acids is 1. The summed E-state index contributed by atoms with van der Waals surface area (Å²) in [7, 11) is 1.54. The largest absolute Gasteiger partial charge is 0.494 e. The number of amides is 1. The molecule has 1 N–H and O–H groups in total. The van der Waals surface area contributed by atoms with Crippen molar-refractivity contribution < 1.29 is 14.3 Å². The Morgan fingerprint density at radius 3 is 2.56 bits per heavy atom. The Hall–Kier alpha value is -2.06. The van der Waals surface area contributed by atoms with Gasteiger partial charge in [-0.1, -0.05) is 39.5 Å². The normalized spacial score (nSPS) is 12.9. The van der Waals surface area contributed by atoms with Crippen molar-refractivity contribution in [3.63, 3.8) is 0 Å². The van der Waals surface area contributed by atoms with E-state index in [-0.39, 0.29) is 5.91 Å². The Morgan fingerprint density at radius 1 is 1.24 bits per heavy atom. The van der Waals surface area contributed by atoms with Crippen LogP contribution in [0.2, 0.25) is 0 Å². The molecule has 0 saturated heterocycles. The minimum Gasteiger partial charge on any atom is -0.494 e. The van der Waals surface area contributed by atoms with Crippen molar-refractivity contribution >= 4 is 11.6 Å². The van der Waals surface area contributed by atoms with E-state index in [9.17, 15) is 10.1 Å². The van der Waals surface area contributed by atoms with Crippen LogP contribution in [0.25, 0.3) is 0 Å². The molecule has 0 bridgehead atoms. The molecule has 0 radical (unpaired) electrons. The van der Waals surface area contributed by atoms with Gasteiger partial charge in [-0.3, -0.25) is 4.79 Å². The quantitative estimate of drug-likeness (QED) is 0.591. The highest BCUT2D eigenvalue weighted by molar-refractivity contribution is 5.98. The topological polar surface area (TPSA) is 71.3 Å². The lowest BCUT2D eigenvalue weighted by Crippen LogP contribution is -2.42. The molecule has 0 saturated carbocycles. The number of methoxy groups -OCH3 is 1. The second-order valence-corrected chi connectivity index (χ2v) is 6.37. The summed E-state index contributed by atoms with van der Waals surface area (Å²) in [5.41, 5.74) is -0.0402. The van der Waals surface area contributed by atoms with Gasteiger partial charge in [0.2, 0.25) is 0 Å². The summed E-state index contributed by atoms with van der Waals surface area (Å²) in [6, 6.07) is 7.26. The number of nitrogens with zero attached hydrogens (tertiary/aromatic N) is 1. The molecule has 0 aromatic heterocycles. The van der Waals surface area contributed by atoms with Crippen LogP contribution < -0.4 is 10.1 Å². The summed E-state index contributed by atoms with van der Waals surface area (Å²) < 4.78 is 11.1. The molecule has 138 valence electrons. The number of hydrogen-bond acceptors (Lipinski definition) is 4. The summed E-state index contributed by atoms with van der Waals surface area (Å²) in [6.45, 7) is 6.61. The van der Waals surface area contributed by atoms with Gasteiger partial charge in [0.05, 0.1) is 17.9 Å². The maximum atomic E-state index is 12.6. The fourth-order valence-electron chi connectivity index (χ4n) is 2.42. The summed E-state index contributed by atoms with van der Waals surface area (Å²) >= 11 is 0. The Labute approximate surface area is 151 Å². The van der Waals surface area contributed by atoms with E-state index in [4.69, 9.17) is 9.47 Å². The van der Waals surface area contributed by atoms with E-state index in [1.54, 1.807) is 32.2 Å². The van der Waals surface area contributed by atoms with Crippen LogP contribution in [-0.4, -0.2) is 25.2 Å². The number of rotatable bonds is 11. The fraction of sp³-hybridized carbons (Fsp3) is 0.600. The smallest absolute Gasteiger partial charge is 0.256 e. The molecular weight excluding hydrogens is 316 g/mol. The van der Waals surface area contributed by atoms with Gasteiger partial charge in [-0.25, -0.2) is 0 Å². The summed E-state index contributed by atoms with van der Waals surface area (Å²) in [5, 5.41) is 12.2. The predicted molar refractivity (Wildman–Crippen MR) is 99.7 cm³/mol. The Bertz CT molecular complexity index is 595. The van der Waals surface area contributed by atoms with Gasteiger partial charge in [0.15, 0.2) is 0 Å². The van der Waals surface area contributed by atoms with E-state index >= 15 is 0 Å². The van der Waals surface area contributed by atoms with Crippen molar-refractivity contribution in [1.29, 1.82) is 5.26 Å². The van der Waals surface area contributed by atoms with E-state index in [2.05, 4.69) is 25.2 Å². The average Bonchev–Trinajstić information content (AvgIpc) is 2.62. The van der Waals surface area contributed by atoms with Crippen molar-refractivity contribution in [2.24, 2.45) is 0 Å². The molecule has 1 aromatic carbocycles. The Balaban J connectivity index is 2.82. The molecule has 1 rings (SSSR count). The van der Waals surface area contributed by atoms with Gasteiger partial charge in [-0.15, -0.1) is 0 Å². The highest BCUT2D eigenvalue weighted by Gasteiger charge is 2.32. The van der Waals surface area contributed by atoms with E-state index in [0.29, 0.717) is 30.0 Å². The van der Waals surface area contributed by atoms with Gasteiger partial charge >= 0.3 is 0 Å². The van der Waals surface area contributed by atoms with Gasteiger partial charge in [0, 0.05) is 7.11 Å². The molecule has 0 heterocycles. The SMILES string of the molecule is CCCCC[C@](C)(OC)C(=O)Nc1ccc(OCCCC)cc1C#N. The lowest BCUT2D eigenvalue weighted by atomic mass is 9.96. The first-order valence-corrected chi connectivity index (χ1v) is 9.04. The first kappa shape index (κ1) is 21.0. The van der Waals surface area contributed by atoms with Crippen LogP contribution in [0.15, 0.2) is 18.2 Å². The molecule has 0 spiro atoms. The molecule has 25 heavy (non-hydrogen) atoms. The van der Waals surface area contributed by atoms with Gasteiger partial charge in [0.25, 0.3) is 5.91 Å². The molecule has 1 amide bonds. The van der Waals surface area contributed by atoms with Crippen LogP contribution >= 0.6 is 0 Å². The van der Waals surface area contributed by atoms with Crippen LogP contribution in [0, 0.1) is 11.3 Å². The second kappa shape index (κ2) is 10.7. The van der Waals surface area contributed by atoms with Crippen molar-refractivity contribution in [2.45, 2.75) is 64.9 Å². The highest BCUT2D eigenvalue weighted by Crippen LogP contribution is 2.25. The number of anilines is 1. The Morgan fingerprint density at radius 2 is 1.96 bits per heavy atom. The minimum atomic E-state index is -0.905. The maximum Gasteiger partial charge on any atom is 0.256 e. The van der Waals surface area contributed by atoms with Crippen molar-refractivity contribution in [1.82, 2.24) is 0 Å². The van der Waals surface area contributed by atoms with Crippen molar-refractivity contribution in [2.75, 3.05) is 19.0 Å². The lowest BCUT2D eigenvalue weighted by molar-refractivity contribution is -0.136. The molecule has 0 aliphatic heterocycles. The number of carbonyl (C=O) groups is 1. The van der Waals surface area contributed by atoms with Crippen molar-refractivity contribution in [3.05, 3.63) is 23.8 Å². The number of hydrogen-bond donors (Lipinski definition) is 1. The number of benzene rings is 1. The second-order valence-electron chi connectivity index (χ2n) is 6.37. The molecule has 0 aliphatic carbocycles. The zero-order valence-corrected chi connectivity index (χ0v) is 15.9. The average molecular weight is 346 g/mol. The van der Waals surface area contributed by atoms with Crippen molar-refractivity contribution in [3.8, 4) is 11.8 Å². The lowest BCUT2D eigenvalue weighted by Gasteiger charge is -2.27. The Kier molecular flexibility index (Phi) is 9.01. The maximum absolute atomic E-state index is 12.6. The third-order valence-electron chi connectivity index (χ3n) is 4.31. The van der Waals surface area contributed by atoms with E-state index in [1.807, 2.05) is 0 Å². The van der Waals surface area contributed by atoms with Gasteiger partial charge in [0.1, 0.15) is 17.4 Å². The van der Waals surface area contributed by atoms with E-state index < -0.39 is 5.60 Å². The molecule has 5 heteroatoms. The zero-order valence-electron chi connectivity index (χ0n) is 15.9. The van der Waals surface area contributed by atoms with Gasteiger partial charge < -0.3 is 14.8 Å². The molecular formula is C20H30N2O3. The van der Waals surface area contributed by atoms with Gasteiger partial charge in [-0.2, -0.15) is 5.26 Å². The molecule has 1 atom stereocenters. The third kappa shape index (κ3) is 6.39. The molecule has 0 fully saturated rings. The van der Waals surface area contributed by atoms with E-state index in [0.717, 1.165) is 32.1 Å². The van der Waals surface area contributed by atoms with Crippen LogP contribution in [0.3, 0.4) is 0 Å². The van der Waals surface area contributed by atoms with Crippen LogP contribution in [-0.2, 0) is 9.53 Å². The summed E-state index contributed by atoms with van der Waals surface area (Å²) in [5.74, 6) is 0.405. The molecule has 0 unspecified atom stereocenters. The minimum absolute atomic E-state index is 0.234. The highest BCUT2D eigenvalue weighted by atomic mass is 16.5. The number of ether oxygens (including phenoxy) is 2. The zero-order chi connectivity index (χ0) is 18.7.